The van der Waals surface area contributed by atoms with Crippen LogP contribution >= 0.6 is 0 Å². The van der Waals surface area contributed by atoms with Crippen molar-refractivity contribution in [3.8, 4) is 11.4 Å². The third kappa shape index (κ3) is 12.0. The highest BCUT2D eigenvalue weighted by Gasteiger charge is 2.30. The molecule has 2 N–H and O–H groups in total. The molecule has 2 amide bonds. The van der Waals surface area contributed by atoms with Crippen molar-refractivity contribution in [3.63, 3.8) is 0 Å². The van der Waals surface area contributed by atoms with Gasteiger partial charge < -0.3 is 20.0 Å². The number of sulfone groups is 2. The lowest BCUT2D eigenvalue weighted by molar-refractivity contribution is 0.121. The molecule has 0 aliphatic rings. The Balaban J connectivity index is 0.000000244. The molecule has 0 aliphatic heterocycles. The van der Waals surface area contributed by atoms with E-state index in [9.17, 15) is 45.4 Å². The Morgan fingerprint density at radius 1 is 0.631 bits per heavy atom. The highest BCUT2D eigenvalue weighted by molar-refractivity contribution is 7.91. The van der Waals surface area contributed by atoms with Crippen LogP contribution in [0.1, 0.15) is 69.8 Å². The Morgan fingerprint density at radius 3 is 1.42 bits per heavy atom. The van der Waals surface area contributed by atoms with E-state index >= 15 is 0 Å². The maximum atomic E-state index is 14.3. The molecule has 4 heterocycles. The standard InChI is InChI=1S/C23H27FN4O4S.C22H25FN4O4S/c1-15-9-10-18(12-25-15)33(31,32)21-11-17(13-27(22(29)30)14-23(3,4)5)26-28(21)20-8-6-7-19(24)16(20)2;1-15-18(23)8-5-9-19(15)27-20(32(30,31)17-7-6-10-24-12-17)11-16(25-27)13-26(21(28)29)14-22(2,3)4/h6-12H,13-14H2,1-5H3,(H,29,30);5-12H,13-14H2,1-4H3,(H,28,29). The topological polar surface area (TPSA) is 211 Å². The van der Waals surface area contributed by atoms with Gasteiger partial charge in [-0.1, -0.05) is 53.7 Å². The summed E-state index contributed by atoms with van der Waals surface area (Å²) >= 11 is 0. The van der Waals surface area contributed by atoms with Gasteiger partial charge in [-0.05, 0) is 80.1 Å². The van der Waals surface area contributed by atoms with Crippen molar-refractivity contribution >= 4 is 31.9 Å². The van der Waals surface area contributed by atoms with Crippen molar-refractivity contribution in [3.05, 3.63) is 131 Å². The first-order chi connectivity index (χ1) is 30.2. The lowest BCUT2D eigenvalue weighted by Gasteiger charge is -2.27. The number of nitrogens with zero attached hydrogens (tertiary/aromatic N) is 8. The minimum absolute atomic E-state index is 0.0420. The molecule has 65 heavy (non-hydrogen) atoms. The molecular formula is C45H52F2N8O8S2. The summed E-state index contributed by atoms with van der Waals surface area (Å²) in [6.07, 6.45) is 1.63. The van der Waals surface area contributed by atoms with Gasteiger partial charge in [0.05, 0.1) is 45.6 Å². The zero-order valence-electron chi connectivity index (χ0n) is 37.5. The first-order valence-corrected chi connectivity index (χ1v) is 23.1. The van der Waals surface area contributed by atoms with Gasteiger partial charge in [0.1, 0.15) is 11.6 Å². The highest BCUT2D eigenvalue weighted by atomic mass is 32.2. The fourth-order valence-electron chi connectivity index (χ4n) is 6.63. The van der Waals surface area contributed by atoms with E-state index in [0.29, 0.717) is 5.69 Å². The second kappa shape index (κ2) is 19.3. The van der Waals surface area contributed by atoms with Crippen molar-refractivity contribution in [1.82, 2.24) is 39.3 Å². The number of aryl methyl sites for hydroxylation is 1. The van der Waals surface area contributed by atoms with Gasteiger partial charge in [0.2, 0.25) is 19.7 Å². The summed E-state index contributed by atoms with van der Waals surface area (Å²) in [5, 5.41) is 27.6. The SMILES string of the molecule is Cc1c(F)cccc1-n1nc(CN(CC(C)(C)C)C(=O)O)cc1S(=O)(=O)c1cccnc1.Cc1ccc(S(=O)(=O)c2cc(CN(CC(C)(C)C)C(=O)O)nn2-c2cccc(F)c2C)cn1. The van der Waals surface area contributed by atoms with Crippen LogP contribution in [0.3, 0.4) is 0 Å². The number of rotatable bonds is 12. The van der Waals surface area contributed by atoms with Crippen LogP contribution < -0.4 is 0 Å². The zero-order chi connectivity index (χ0) is 48.2. The van der Waals surface area contributed by atoms with Crippen molar-refractivity contribution in [2.45, 2.75) is 95.2 Å². The molecule has 6 aromatic rings. The molecule has 346 valence electrons. The van der Waals surface area contributed by atoms with E-state index in [-0.39, 0.29) is 90.7 Å². The molecule has 16 nitrogen and oxygen atoms in total. The fourth-order valence-corrected chi connectivity index (χ4v) is 9.33. The van der Waals surface area contributed by atoms with Gasteiger partial charge in [-0.3, -0.25) is 9.97 Å². The van der Waals surface area contributed by atoms with Crippen LogP contribution in [0.5, 0.6) is 0 Å². The molecule has 0 unspecified atom stereocenters. The number of halogens is 2. The van der Waals surface area contributed by atoms with E-state index in [2.05, 4.69) is 20.2 Å². The normalized spacial score (nSPS) is 12.0. The van der Waals surface area contributed by atoms with Crippen LogP contribution in [-0.4, -0.2) is 91.7 Å². The number of pyridine rings is 2. The van der Waals surface area contributed by atoms with E-state index in [1.54, 1.807) is 25.1 Å². The van der Waals surface area contributed by atoms with Crippen LogP contribution in [0.4, 0.5) is 18.4 Å². The summed E-state index contributed by atoms with van der Waals surface area (Å²) in [6.45, 7) is 16.4. The van der Waals surface area contributed by atoms with Gasteiger partial charge in [0, 0.05) is 60.6 Å². The molecular weight excluding hydrogens is 883 g/mol. The van der Waals surface area contributed by atoms with Crippen LogP contribution in [-0.2, 0) is 32.8 Å². The predicted molar refractivity (Wildman–Crippen MR) is 236 cm³/mol. The van der Waals surface area contributed by atoms with Gasteiger partial charge in [-0.15, -0.1) is 0 Å². The highest BCUT2D eigenvalue weighted by Crippen LogP contribution is 2.30. The number of benzene rings is 2. The second-order valence-electron chi connectivity index (χ2n) is 17.8. The molecule has 20 heteroatoms. The first kappa shape index (κ1) is 49.5. The maximum Gasteiger partial charge on any atom is 0.407 e. The van der Waals surface area contributed by atoms with Crippen molar-refractivity contribution in [2.24, 2.45) is 10.8 Å². The zero-order valence-corrected chi connectivity index (χ0v) is 39.1. The number of carboxylic acid groups (broad SMARTS) is 2. The number of hydrogen-bond donors (Lipinski definition) is 2. The van der Waals surface area contributed by atoms with Crippen LogP contribution in [0.25, 0.3) is 11.4 Å². The van der Waals surface area contributed by atoms with Gasteiger partial charge in [0.25, 0.3) is 0 Å². The largest absolute Gasteiger partial charge is 0.465 e. The Labute approximate surface area is 377 Å². The van der Waals surface area contributed by atoms with E-state index in [1.807, 2.05) is 41.5 Å². The van der Waals surface area contributed by atoms with E-state index in [4.69, 9.17) is 0 Å². The molecule has 4 aromatic heterocycles. The Kier molecular flexibility index (Phi) is 14.7. The van der Waals surface area contributed by atoms with Gasteiger partial charge in [-0.25, -0.2) is 44.6 Å². The predicted octanol–water partition coefficient (Wildman–Crippen LogP) is 8.46. The molecule has 0 atom stereocenters. The summed E-state index contributed by atoms with van der Waals surface area (Å²) in [7, 11) is -8.15. The molecule has 0 bridgehead atoms. The van der Waals surface area contributed by atoms with Crippen LogP contribution in [0, 0.1) is 43.2 Å². The minimum atomic E-state index is -4.08. The maximum absolute atomic E-state index is 14.3. The van der Waals surface area contributed by atoms with Gasteiger partial charge in [0.15, 0.2) is 10.1 Å². The summed E-state index contributed by atoms with van der Waals surface area (Å²) in [5.41, 5.74) is 1.40. The quantitative estimate of drug-likeness (QED) is 0.118. The third-order valence-corrected chi connectivity index (χ3v) is 13.1. The summed E-state index contributed by atoms with van der Waals surface area (Å²) in [6, 6.07) is 17.2. The molecule has 0 fully saturated rings. The van der Waals surface area contributed by atoms with Gasteiger partial charge >= 0.3 is 12.2 Å². The third-order valence-electron chi connectivity index (χ3n) is 9.66. The average Bonchev–Trinajstić information content (AvgIpc) is 3.85. The molecule has 0 saturated carbocycles. The molecule has 0 radical (unpaired) electrons. The molecule has 0 spiro atoms. The van der Waals surface area contributed by atoms with E-state index in [1.165, 1.54) is 96.8 Å². The van der Waals surface area contributed by atoms with Crippen LogP contribution in [0.2, 0.25) is 0 Å². The fraction of sp³-hybridized carbons (Fsp3) is 0.333. The lowest BCUT2D eigenvalue weighted by Crippen LogP contribution is -2.36. The summed E-state index contributed by atoms with van der Waals surface area (Å²) in [5.74, 6) is -1.02. The molecule has 0 saturated heterocycles. The van der Waals surface area contributed by atoms with Crippen molar-refractivity contribution in [2.75, 3.05) is 13.1 Å². The number of amides is 2. The van der Waals surface area contributed by atoms with Crippen molar-refractivity contribution in [1.29, 1.82) is 0 Å². The number of aromatic nitrogens is 6. The number of hydrogen-bond acceptors (Lipinski definition) is 10. The Hall–Kier alpha value is -6.54. The molecule has 2 aromatic carbocycles. The lowest BCUT2D eigenvalue weighted by atomic mass is 9.96. The summed E-state index contributed by atoms with van der Waals surface area (Å²) < 4.78 is 84.5. The summed E-state index contributed by atoms with van der Waals surface area (Å²) in [4.78, 5) is 33.8. The monoisotopic (exact) mass is 934 g/mol. The molecule has 0 aliphatic carbocycles. The minimum Gasteiger partial charge on any atom is -0.465 e. The average molecular weight is 935 g/mol. The van der Waals surface area contributed by atoms with E-state index in [0.717, 1.165) is 9.36 Å². The second-order valence-corrected chi connectivity index (χ2v) is 21.6. The number of carbonyl (C=O) groups is 2. The Morgan fingerprint density at radius 2 is 1.06 bits per heavy atom. The van der Waals surface area contributed by atoms with Crippen molar-refractivity contribution < 1.29 is 45.4 Å². The smallest absolute Gasteiger partial charge is 0.407 e. The van der Waals surface area contributed by atoms with Gasteiger partial charge in [-0.2, -0.15) is 10.2 Å². The van der Waals surface area contributed by atoms with E-state index < -0.39 is 43.5 Å². The Bertz CT molecular complexity index is 2910. The van der Waals surface area contributed by atoms with Crippen LogP contribution in [0.15, 0.2) is 111 Å². The first-order valence-electron chi connectivity index (χ1n) is 20.2. The molecule has 6 rings (SSSR count).